The van der Waals surface area contributed by atoms with E-state index in [2.05, 4.69) is 20.9 Å². The molecule has 2 aromatic rings. The highest BCUT2D eigenvalue weighted by Gasteiger charge is 2.24. The molecule has 10 heteroatoms. The van der Waals surface area contributed by atoms with Crippen LogP contribution in [0.25, 0.3) is 0 Å². The Labute approximate surface area is 122 Å². The van der Waals surface area contributed by atoms with Crippen LogP contribution in [0, 0.1) is 33.6 Å². The Kier molecular flexibility index (Phi) is 4.07. The van der Waals surface area contributed by atoms with Crippen molar-refractivity contribution in [3.63, 3.8) is 0 Å². The molecular formula is C11H3BrF4N2O3. The van der Waals surface area contributed by atoms with Crippen molar-refractivity contribution in [2.75, 3.05) is 0 Å². The first-order valence-electron chi connectivity index (χ1n) is 5.13. The number of nitrogens with zero attached hydrogens (tertiary/aromatic N) is 2. The van der Waals surface area contributed by atoms with Crippen LogP contribution in [0.15, 0.2) is 22.7 Å². The average molecular weight is 367 g/mol. The van der Waals surface area contributed by atoms with Gasteiger partial charge < -0.3 is 4.74 Å². The van der Waals surface area contributed by atoms with Crippen LogP contribution in [0.3, 0.4) is 0 Å². The number of halogens is 5. The predicted octanol–water partition coefficient (Wildman–Crippen LogP) is 4.10. The number of ether oxygens (including phenoxy) is 1. The van der Waals surface area contributed by atoms with Crippen molar-refractivity contribution in [1.82, 2.24) is 4.98 Å². The number of nitro benzene ring substituents is 1. The number of rotatable bonds is 3. The molecule has 0 unspecified atom stereocenters. The Bertz CT molecular complexity index is 716. The molecule has 0 fully saturated rings. The summed E-state index contributed by atoms with van der Waals surface area (Å²) >= 11 is 2.93. The summed E-state index contributed by atoms with van der Waals surface area (Å²) in [4.78, 5) is 12.2. The van der Waals surface area contributed by atoms with Crippen LogP contribution in [0.4, 0.5) is 23.2 Å². The van der Waals surface area contributed by atoms with Gasteiger partial charge in [0.15, 0.2) is 0 Å². The van der Waals surface area contributed by atoms with Gasteiger partial charge in [-0.25, -0.2) is 0 Å². The molecule has 0 bridgehead atoms. The topological polar surface area (TPSA) is 65.3 Å². The molecule has 0 N–H and O–H groups in total. The number of hydrogen-bond acceptors (Lipinski definition) is 4. The summed E-state index contributed by atoms with van der Waals surface area (Å²) in [6.45, 7) is 0. The summed E-state index contributed by atoms with van der Waals surface area (Å²) in [6, 6.07) is 3.10. The minimum Gasteiger partial charge on any atom is -0.449 e. The molecule has 0 spiro atoms. The first kappa shape index (κ1) is 15.2. The number of pyridine rings is 1. The van der Waals surface area contributed by atoms with Crippen molar-refractivity contribution in [2.24, 2.45) is 0 Å². The Morgan fingerprint density at radius 3 is 2.24 bits per heavy atom. The van der Waals surface area contributed by atoms with E-state index in [4.69, 9.17) is 4.74 Å². The van der Waals surface area contributed by atoms with E-state index in [0.29, 0.717) is 0 Å². The molecule has 21 heavy (non-hydrogen) atoms. The zero-order valence-corrected chi connectivity index (χ0v) is 11.3. The molecule has 0 aliphatic heterocycles. The zero-order valence-electron chi connectivity index (χ0n) is 9.74. The minimum absolute atomic E-state index is 0.0875. The van der Waals surface area contributed by atoms with Crippen molar-refractivity contribution in [1.29, 1.82) is 0 Å². The molecule has 0 saturated carbocycles. The van der Waals surface area contributed by atoms with E-state index in [-0.39, 0.29) is 4.47 Å². The van der Waals surface area contributed by atoms with Gasteiger partial charge >= 0.3 is 0 Å². The summed E-state index contributed by atoms with van der Waals surface area (Å²) in [6.07, 6.45) is 0. The summed E-state index contributed by atoms with van der Waals surface area (Å²) in [5.41, 5.74) is -0.441. The summed E-state index contributed by atoms with van der Waals surface area (Å²) in [7, 11) is 0. The van der Waals surface area contributed by atoms with Gasteiger partial charge in [0.2, 0.25) is 17.4 Å². The van der Waals surface area contributed by atoms with Crippen LogP contribution in [-0.4, -0.2) is 9.91 Å². The third-order valence-electron chi connectivity index (χ3n) is 2.29. The van der Waals surface area contributed by atoms with Gasteiger partial charge in [0.1, 0.15) is 5.75 Å². The van der Waals surface area contributed by atoms with Crippen LogP contribution >= 0.6 is 15.9 Å². The lowest BCUT2D eigenvalue weighted by Gasteiger charge is -2.09. The third kappa shape index (κ3) is 2.94. The average Bonchev–Trinajstić information content (AvgIpc) is 2.43. The van der Waals surface area contributed by atoms with Crippen LogP contribution in [0.1, 0.15) is 0 Å². The van der Waals surface area contributed by atoms with Gasteiger partial charge in [0.25, 0.3) is 17.6 Å². The maximum Gasteiger partial charge on any atom is 0.273 e. The van der Waals surface area contributed by atoms with E-state index in [0.717, 1.165) is 12.1 Å². The second-order valence-corrected chi connectivity index (χ2v) is 4.48. The number of benzene rings is 1. The van der Waals surface area contributed by atoms with Crippen LogP contribution in [-0.2, 0) is 0 Å². The maximum absolute atomic E-state index is 13.4. The normalized spacial score (nSPS) is 10.5. The standard InChI is InChI=1S/C11H3BrF4N2O3/c12-5-2-1-4(18(19)20)3-6(5)21-9-7(13)10(15)17-11(16)8(9)14/h1-3H. The predicted molar refractivity (Wildman–Crippen MR) is 64.9 cm³/mol. The molecule has 1 aromatic heterocycles. The first-order valence-corrected chi connectivity index (χ1v) is 5.92. The Balaban J connectivity index is 2.53. The van der Waals surface area contributed by atoms with Crippen LogP contribution < -0.4 is 4.74 Å². The SMILES string of the molecule is O=[N+]([O-])c1ccc(Br)c(Oc2c(F)c(F)nc(F)c2F)c1. The molecule has 0 radical (unpaired) electrons. The van der Waals surface area contributed by atoms with Gasteiger partial charge in [-0.15, -0.1) is 0 Å². The molecule has 5 nitrogen and oxygen atoms in total. The highest BCUT2D eigenvalue weighted by atomic mass is 79.9. The molecule has 0 aliphatic carbocycles. The Morgan fingerprint density at radius 2 is 1.71 bits per heavy atom. The third-order valence-corrected chi connectivity index (χ3v) is 2.95. The van der Waals surface area contributed by atoms with Crippen molar-refractivity contribution in [2.45, 2.75) is 0 Å². The number of nitro groups is 1. The van der Waals surface area contributed by atoms with Gasteiger partial charge in [-0.1, -0.05) is 0 Å². The highest BCUT2D eigenvalue weighted by molar-refractivity contribution is 9.10. The molecule has 0 amide bonds. The Hall–Kier alpha value is -2.23. The maximum atomic E-state index is 13.4. The van der Waals surface area contributed by atoms with Gasteiger partial charge in [-0.2, -0.15) is 22.5 Å². The number of aromatic nitrogens is 1. The molecule has 110 valence electrons. The fourth-order valence-electron chi connectivity index (χ4n) is 1.35. The van der Waals surface area contributed by atoms with Crippen LogP contribution in [0.5, 0.6) is 11.5 Å². The summed E-state index contributed by atoms with van der Waals surface area (Å²) in [5, 5.41) is 10.6. The van der Waals surface area contributed by atoms with E-state index in [9.17, 15) is 27.7 Å². The van der Waals surface area contributed by atoms with E-state index in [1.54, 1.807) is 0 Å². The minimum atomic E-state index is -1.90. The second-order valence-electron chi connectivity index (χ2n) is 3.62. The molecular weight excluding hydrogens is 364 g/mol. The number of non-ortho nitro benzene ring substituents is 1. The van der Waals surface area contributed by atoms with Crippen molar-refractivity contribution in [3.8, 4) is 11.5 Å². The fraction of sp³-hybridized carbons (Fsp3) is 0. The molecule has 0 saturated heterocycles. The van der Waals surface area contributed by atoms with E-state index in [1.165, 1.54) is 6.07 Å². The van der Waals surface area contributed by atoms with Crippen molar-refractivity contribution >= 4 is 21.6 Å². The second kappa shape index (κ2) is 5.64. The van der Waals surface area contributed by atoms with Gasteiger partial charge in [0, 0.05) is 6.07 Å². The molecule has 0 aliphatic rings. The summed E-state index contributed by atoms with van der Waals surface area (Å²) in [5.74, 6) is -9.29. The largest absolute Gasteiger partial charge is 0.449 e. The van der Waals surface area contributed by atoms with Gasteiger partial charge in [0.05, 0.1) is 15.5 Å². The smallest absolute Gasteiger partial charge is 0.273 e. The molecule has 1 aromatic carbocycles. The van der Waals surface area contributed by atoms with Crippen molar-refractivity contribution in [3.05, 3.63) is 56.3 Å². The van der Waals surface area contributed by atoms with Gasteiger partial charge in [-0.05, 0) is 22.0 Å². The first-order chi connectivity index (χ1) is 9.81. The van der Waals surface area contributed by atoms with E-state index < -0.39 is 45.6 Å². The lowest BCUT2D eigenvalue weighted by molar-refractivity contribution is -0.384. The van der Waals surface area contributed by atoms with E-state index >= 15 is 0 Å². The lowest BCUT2D eigenvalue weighted by Crippen LogP contribution is -2.03. The monoisotopic (exact) mass is 366 g/mol. The molecule has 2 rings (SSSR count). The highest BCUT2D eigenvalue weighted by Crippen LogP contribution is 2.35. The van der Waals surface area contributed by atoms with Crippen molar-refractivity contribution < 1.29 is 27.2 Å². The molecule has 1 heterocycles. The van der Waals surface area contributed by atoms with Crippen LogP contribution in [0.2, 0.25) is 0 Å². The molecule has 0 atom stereocenters. The van der Waals surface area contributed by atoms with E-state index in [1.807, 2.05) is 0 Å². The Morgan fingerprint density at radius 1 is 1.14 bits per heavy atom. The zero-order chi connectivity index (χ0) is 15.7. The summed E-state index contributed by atoms with van der Waals surface area (Å²) < 4.78 is 57.5. The lowest BCUT2D eigenvalue weighted by atomic mass is 10.3. The number of hydrogen-bond donors (Lipinski definition) is 0. The van der Waals surface area contributed by atoms with Gasteiger partial charge in [-0.3, -0.25) is 10.1 Å². The fourth-order valence-corrected chi connectivity index (χ4v) is 1.68. The quantitative estimate of drug-likeness (QED) is 0.355.